The average molecular weight is 1010 g/mol. The van der Waals surface area contributed by atoms with Crippen molar-refractivity contribution in [2.75, 3.05) is 13.1 Å². The maximum absolute atomic E-state index is 14.1. The number of aromatic carboxylic acids is 1. The molecule has 0 unspecified atom stereocenters. The summed E-state index contributed by atoms with van der Waals surface area (Å²) in [5.74, 6) is -5.14. The molecular formula is C55H70N6O12. The molecule has 10 rings (SSSR count). The Hall–Kier alpha value is -6.08. The summed E-state index contributed by atoms with van der Waals surface area (Å²) in [5.41, 5.74) is 7.86. The van der Waals surface area contributed by atoms with E-state index in [0.29, 0.717) is 47.0 Å². The number of rotatable bonds is 15. The van der Waals surface area contributed by atoms with Gasteiger partial charge >= 0.3 is 17.9 Å². The van der Waals surface area contributed by atoms with Crippen molar-refractivity contribution in [1.82, 2.24) is 25.6 Å². The molecule has 3 aromatic heterocycles. The first-order chi connectivity index (χ1) is 34.8. The Morgan fingerprint density at radius 2 is 1.64 bits per heavy atom. The van der Waals surface area contributed by atoms with Gasteiger partial charge in [-0.15, -0.1) is 0 Å². The molecule has 10 bridgehead atoms. The number of carbonyl (C=O) groups is 5. The van der Waals surface area contributed by atoms with Gasteiger partial charge in [-0.1, -0.05) is 40.3 Å². The molecule has 0 aromatic carbocycles. The third-order valence-corrected chi connectivity index (χ3v) is 16.9. The van der Waals surface area contributed by atoms with Gasteiger partial charge in [0.05, 0.1) is 29.8 Å². The second kappa shape index (κ2) is 20.3. The fourth-order valence-electron chi connectivity index (χ4n) is 12.8. The Morgan fingerprint density at radius 3 is 2.36 bits per heavy atom. The van der Waals surface area contributed by atoms with Crippen molar-refractivity contribution in [2.24, 2.45) is 40.5 Å². The number of aromatic nitrogens is 3. The molecule has 9 heterocycles. The van der Waals surface area contributed by atoms with Crippen molar-refractivity contribution >= 4 is 59.2 Å². The number of esters is 1. The van der Waals surface area contributed by atoms with Gasteiger partial charge in [-0.25, -0.2) is 14.6 Å². The Kier molecular flexibility index (Phi) is 14.4. The van der Waals surface area contributed by atoms with E-state index < -0.39 is 59.6 Å². The molecule has 2 amide bonds. The van der Waals surface area contributed by atoms with Gasteiger partial charge in [0, 0.05) is 107 Å². The summed E-state index contributed by atoms with van der Waals surface area (Å²) < 4.78 is 18.6. The molecule has 18 heteroatoms. The molecule has 0 radical (unpaired) electrons. The zero-order chi connectivity index (χ0) is 52.3. The van der Waals surface area contributed by atoms with Crippen LogP contribution in [0.25, 0.3) is 23.8 Å². The second-order valence-corrected chi connectivity index (χ2v) is 21.3. The normalized spacial score (nSPS) is 29.0. The molecule has 6 aliphatic heterocycles. The quantitative estimate of drug-likeness (QED) is 0.0514. The number of ether oxygens (including phenoxy) is 3. The zero-order valence-electron chi connectivity index (χ0n) is 43.2. The maximum Gasteiger partial charge on any atom is 0.338 e. The van der Waals surface area contributed by atoms with E-state index in [1.54, 1.807) is 6.92 Å². The number of H-pyrrole nitrogens is 3. The lowest BCUT2D eigenvalue weighted by Crippen LogP contribution is -2.70. The Morgan fingerprint density at radius 1 is 0.890 bits per heavy atom. The third kappa shape index (κ3) is 9.55. The van der Waals surface area contributed by atoms with Crippen molar-refractivity contribution in [3.63, 3.8) is 0 Å². The van der Waals surface area contributed by atoms with Gasteiger partial charge in [0.1, 0.15) is 0 Å². The Bertz CT molecular complexity index is 2940. The minimum Gasteiger partial charge on any atom is -0.481 e. The van der Waals surface area contributed by atoms with Crippen molar-refractivity contribution in [3.8, 4) is 0 Å². The number of nitrogens with one attached hydrogen (secondary N) is 5. The van der Waals surface area contributed by atoms with Gasteiger partial charge in [0.25, 0.3) is 0 Å². The van der Waals surface area contributed by atoms with E-state index in [-0.39, 0.29) is 80.1 Å². The molecule has 1 saturated carbocycles. The van der Waals surface area contributed by atoms with Crippen LogP contribution in [0.1, 0.15) is 153 Å². The van der Waals surface area contributed by atoms with Crippen molar-refractivity contribution < 1.29 is 58.2 Å². The van der Waals surface area contributed by atoms with Crippen LogP contribution in [-0.2, 0) is 56.0 Å². The molecule has 1 aliphatic carbocycles. The predicted octanol–water partition coefficient (Wildman–Crippen LogP) is 6.15. The van der Waals surface area contributed by atoms with Gasteiger partial charge in [0.2, 0.25) is 23.9 Å². The minimum atomic E-state index is -1.19. The molecule has 10 atom stereocenters. The number of aliphatic imine (C=N–C) groups is 1. The molecule has 4 saturated heterocycles. The van der Waals surface area contributed by atoms with Gasteiger partial charge in [0.15, 0.2) is 11.9 Å². The Labute approximate surface area is 424 Å². The number of aromatic amines is 3. The number of allylic oxidation sites excluding steroid dienone is 1. The molecule has 5 fully saturated rings. The summed E-state index contributed by atoms with van der Waals surface area (Å²) in [6.07, 6.45) is 7.92. The first kappa shape index (κ1) is 51.8. The summed E-state index contributed by atoms with van der Waals surface area (Å²) in [6.45, 7) is 20.1. The average Bonchev–Trinajstić information content (AvgIpc) is 3.97. The highest BCUT2D eigenvalue weighted by Crippen LogP contribution is 2.60. The van der Waals surface area contributed by atoms with E-state index >= 15 is 0 Å². The maximum atomic E-state index is 14.1. The van der Waals surface area contributed by atoms with Crippen LogP contribution in [-0.4, -0.2) is 97.7 Å². The lowest BCUT2D eigenvalue weighted by Gasteiger charge is -2.59. The molecule has 18 nitrogen and oxygen atoms in total. The molecule has 1 spiro atoms. The first-order valence-corrected chi connectivity index (χ1v) is 25.9. The van der Waals surface area contributed by atoms with Crippen LogP contribution in [0, 0.1) is 56.3 Å². The number of fused-ring (bicyclic) bond motifs is 9. The number of hydrogen-bond donors (Lipinski definition) is 7. The van der Waals surface area contributed by atoms with Crippen molar-refractivity contribution in [3.05, 3.63) is 79.1 Å². The highest BCUT2D eigenvalue weighted by Gasteiger charge is 2.70. The molecule has 392 valence electrons. The number of carbonyl (C=O) groups excluding carboxylic acids is 3. The lowest BCUT2D eigenvalue weighted by atomic mass is 9.58. The van der Waals surface area contributed by atoms with E-state index in [1.807, 2.05) is 39.8 Å². The number of aliphatic carboxylic acids is 1. The van der Waals surface area contributed by atoms with Crippen LogP contribution < -0.4 is 21.3 Å². The largest absolute Gasteiger partial charge is 0.481 e. The zero-order valence-corrected chi connectivity index (χ0v) is 43.2. The van der Waals surface area contributed by atoms with Crippen LogP contribution in [0.2, 0.25) is 0 Å². The van der Waals surface area contributed by atoms with E-state index in [0.717, 1.165) is 70.0 Å². The SMILES string of the molecule is C=Cc1c(C)c2[nH]c1=Cc1[nH]c(c(CC)c1C)Cc1[nH]c(c(C(=O)O)c1C)C(CC(=O)NCCNC(=O)CCC(=O)O[C@@H]1O[C@@H]3O[C@@]4(C)CC[C@H]5[C@H](C)CC[C@@H]([C@H]1C)[C@@]35OO4)=C1N=C(C=2)[C@@H](C)[C@@H]1CCC(=O)O. The van der Waals surface area contributed by atoms with Crippen LogP contribution in [0.15, 0.2) is 17.3 Å². The molecule has 73 heavy (non-hydrogen) atoms. The van der Waals surface area contributed by atoms with E-state index in [2.05, 4.69) is 59.0 Å². The summed E-state index contributed by atoms with van der Waals surface area (Å²) in [6, 6.07) is 0. The number of carboxylic acid groups (broad SMARTS) is 2. The fraction of sp³-hybridized carbons (Fsp3) is 0.564. The highest BCUT2D eigenvalue weighted by atomic mass is 17.3. The first-order valence-electron chi connectivity index (χ1n) is 25.9. The molecular weight excluding hydrogens is 937 g/mol. The van der Waals surface area contributed by atoms with E-state index in [4.69, 9.17) is 29.0 Å². The van der Waals surface area contributed by atoms with E-state index in [1.165, 1.54) is 0 Å². The smallest absolute Gasteiger partial charge is 0.338 e. The number of amides is 2. The standard InChI is InChI=1S/C55H70N6O12/c1-10-32-27(4)38-23-40-29(6)34(13-16-46(64)65)49(60-40)35(50-48(51(67)68)31(8)41(61-50)25-43-33(11-2)28(5)39(59-43)24-42(32)58-38)22-45(63)57-21-20-56-44(62)15-17-47(66)69-52-30(7)37-14-12-26(3)36-18-19-54(9)71-53(70-52)55(36,37)73-72-54/h10,23-24,26,29-30,34,36-37,52-53,58-59,61H,1,11-22,25H2,2-9H3,(H,56,62)(H,57,63)(H,64,65)(H,67,68)/t26-,29+,30-,34+,36+,37+,52-,53-,54-,55-/m1/s1. The van der Waals surface area contributed by atoms with Gasteiger partial charge < -0.3 is 50.0 Å². The molecule has 7 aliphatic rings. The number of nitrogens with zero attached hydrogens (tertiary/aromatic N) is 1. The van der Waals surface area contributed by atoms with Crippen LogP contribution in [0.4, 0.5) is 0 Å². The second-order valence-electron chi connectivity index (χ2n) is 21.3. The van der Waals surface area contributed by atoms with Crippen LogP contribution in [0.5, 0.6) is 0 Å². The molecule has 7 N–H and O–H groups in total. The molecule has 3 aromatic rings. The summed E-state index contributed by atoms with van der Waals surface area (Å²) >= 11 is 0. The van der Waals surface area contributed by atoms with Gasteiger partial charge in [-0.2, -0.15) is 0 Å². The predicted molar refractivity (Wildman–Crippen MR) is 270 cm³/mol. The van der Waals surface area contributed by atoms with Gasteiger partial charge in [-0.05, 0) is 106 Å². The van der Waals surface area contributed by atoms with Crippen molar-refractivity contribution in [2.45, 2.75) is 150 Å². The fourth-order valence-corrected chi connectivity index (χ4v) is 12.8. The topological polar surface area (TPSA) is 256 Å². The van der Waals surface area contributed by atoms with Gasteiger partial charge in [-0.3, -0.25) is 24.2 Å². The van der Waals surface area contributed by atoms with Crippen LogP contribution in [0.3, 0.4) is 0 Å². The minimum absolute atomic E-state index is 0.000681. The Balaban J connectivity index is 0.920. The highest BCUT2D eigenvalue weighted by molar-refractivity contribution is 6.14. The summed E-state index contributed by atoms with van der Waals surface area (Å²) in [4.78, 5) is 93.7. The van der Waals surface area contributed by atoms with Crippen molar-refractivity contribution in [1.29, 1.82) is 0 Å². The number of carboxylic acids is 2. The lowest BCUT2D eigenvalue weighted by molar-refractivity contribution is -0.576. The summed E-state index contributed by atoms with van der Waals surface area (Å²) in [7, 11) is 0. The number of hydrogen-bond acceptors (Lipinski definition) is 11. The van der Waals surface area contributed by atoms with Crippen LogP contribution >= 0.6 is 0 Å². The monoisotopic (exact) mass is 1010 g/mol. The summed E-state index contributed by atoms with van der Waals surface area (Å²) in [5, 5.41) is 28.0. The van der Waals surface area contributed by atoms with E-state index in [9.17, 15) is 34.2 Å². The third-order valence-electron chi connectivity index (χ3n) is 16.9.